The van der Waals surface area contributed by atoms with Crippen LogP contribution in [0.2, 0.25) is 0 Å². The second kappa shape index (κ2) is 21.9. The van der Waals surface area contributed by atoms with E-state index in [4.69, 9.17) is 4.74 Å². The maximum absolute atomic E-state index is 12.2. The molecule has 240 valence electrons. The zero-order valence-electron chi connectivity index (χ0n) is 27.5. The second-order valence-electron chi connectivity index (χ2n) is 11.4. The SMILES string of the molecule is CC(C)CC(C(=O)O)n1cc(CN(C)C)ccc1=O.CCOC(=O)C(CC(C)C)n1cc(CN(C)C)ccc1=O.O.[Li+].[OH-]. The van der Waals surface area contributed by atoms with E-state index in [1.165, 1.54) is 21.3 Å². The second-order valence-corrected chi connectivity index (χ2v) is 11.4. The Morgan fingerprint density at radius 1 is 0.791 bits per heavy atom. The number of aliphatic carboxylic acids is 1. The van der Waals surface area contributed by atoms with Gasteiger partial charge in [-0.2, -0.15) is 0 Å². The minimum Gasteiger partial charge on any atom is -0.870 e. The Hall–Kier alpha value is -2.72. The van der Waals surface area contributed by atoms with Crippen LogP contribution in [0.15, 0.2) is 46.2 Å². The van der Waals surface area contributed by atoms with E-state index in [2.05, 4.69) is 0 Å². The van der Waals surface area contributed by atoms with Gasteiger partial charge in [-0.05, 0) is 70.9 Å². The number of aromatic nitrogens is 2. The van der Waals surface area contributed by atoms with Crippen molar-refractivity contribution >= 4 is 11.9 Å². The number of nitrogens with zero attached hydrogens (tertiary/aromatic N) is 4. The first-order chi connectivity index (χ1) is 18.7. The molecule has 0 fully saturated rings. The van der Waals surface area contributed by atoms with Crippen LogP contribution in [-0.2, 0) is 27.4 Å². The summed E-state index contributed by atoms with van der Waals surface area (Å²) in [5.41, 5.74) is 1.49. The summed E-state index contributed by atoms with van der Waals surface area (Å²) >= 11 is 0. The molecule has 0 saturated carbocycles. The molecule has 0 aliphatic carbocycles. The van der Waals surface area contributed by atoms with Gasteiger partial charge in [0.25, 0.3) is 11.1 Å². The van der Waals surface area contributed by atoms with Gasteiger partial charge < -0.3 is 39.7 Å². The zero-order chi connectivity index (χ0) is 30.6. The van der Waals surface area contributed by atoms with Gasteiger partial charge in [0.15, 0.2) is 0 Å². The third-order valence-corrected chi connectivity index (χ3v) is 5.90. The fraction of sp³-hybridized carbons (Fsp3) is 0.600. The van der Waals surface area contributed by atoms with Crippen LogP contribution in [-0.4, -0.2) is 81.7 Å². The van der Waals surface area contributed by atoms with Crippen LogP contribution in [0.5, 0.6) is 0 Å². The number of carboxylic acids is 1. The molecular weight excluding hydrogens is 551 g/mol. The number of rotatable bonds is 13. The van der Waals surface area contributed by atoms with Gasteiger partial charge in [0.2, 0.25) is 0 Å². The van der Waals surface area contributed by atoms with Gasteiger partial charge in [0.05, 0.1) is 6.61 Å². The molecule has 0 bridgehead atoms. The maximum Gasteiger partial charge on any atom is 1.00 e. The largest absolute Gasteiger partial charge is 1.00 e. The first-order valence-electron chi connectivity index (χ1n) is 13.8. The van der Waals surface area contributed by atoms with Crippen LogP contribution >= 0.6 is 0 Å². The number of carbonyl (C=O) groups is 2. The first kappa shape index (κ1) is 44.7. The van der Waals surface area contributed by atoms with Gasteiger partial charge in [0, 0.05) is 37.6 Å². The number of hydrogen-bond donors (Lipinski definition) is 1. The molecule has 4 N–H and O–H groups in total. The summed E-state index contributed by atoms with van der Waals surface area (Å²) < 4.78 is 7.97. The van der Waals surface area contributed by atoms with Crippen molar-refractivity contribution in [3.05, 3.63) is 68.5 Å². The molecule has 0 aliphatic heterocycles. The standard InChI is InChI=1S/C16H26N2O3.C14H22N2O3.Li.2H2O/c1-6-21-16(20)14(9-12(2)3)18-11-13(10-17(4)5)7-8-15(18)19;1-10(2)7-12(14(18)19)16-9-11(8-15(3)4)5-6-13(16)17;;;/h7-8,11-12,14H,6,9-10H2,1-5H3;5-6,9-10,12H,7-8H2,1-4H3,(H,18,19);;2*1H2/q;;+1;;/p-1. The van der Waals surface area contributed by atoms with Crippen LogP contribution in [0.4, 0.5) is 0 Å². The number of carbonyl (C=O) groups excluding carboxylic acids is 1. The molecule has 2 heterocycles. The topological polar surface area (TPSA) is 176 Å². The Morgan fingerprint density at radius 3 is 1.49 bits per heavy atom. The number of hydrogen-bond acceptors (Lipinski definition) is 8. The molecule has 0 radical (unpaired) electrons. The average Bonchev–Trinajstić information content (AvgIpc) is 2.83. The Kier molecular flexibility index (Phi) is 22.8. The van der Waals surface area contributed by atoms with E-state index in [0.717, 1.165) is 17.7 Å². The van der Waals surface area contributed by atoms with E-state index in [0.29, 0.717) is 31.9 Å². The van der Waals surface area contributed by atoms with Gasteiger partial charge >= 0.3 is 30.8 Å². The predicted molar refractivity (Wildman–Crippen MR) is 163 cm³/mol. The molecule has 43 heavy (non-hydrogen) atoms. The summed E-state index contributed by atoms with van der Waals surface area (Å²) in [6.45, 7) is 11.4. The molecule has 0 aliphatic rings. The Morgan fingerprint density at radius 2 is 1.16 bits per heavy atom. The van der Waals surface area contributed by atoms with Crippen molar-refractivity contribution in [1.29, 1.82) is 0 Å². The molecule has 0 spiro atoms. The predicted octanol–water partition coefficient (Wildman–Crippen LogP) is -0.356. The van der Waals surface area contributed by atoms with Gasteiger partial charge in [-0.15, -0.1) is 0 Å². The Labute approximate surface area is 267 Å². The van der Waals surface area contributed by atoms with Crippen LogP contribution in [0.25, 0.3) is 0 Å². The third kappa shape index (κ3) is 16.1. The molecule has 2 atom stereocenters. The quantitative estimate of drug-likeness (QED) is 0.237. The summed E-state index contributed by atoms with van der Waals surface area (Å²) in [7, 11) is 7.79. The van der Waals surface area contributed by atoms with Crippen molar-refractivity contribution in [2.45, 2.75) is 72.6 Å². The maximum atomic E-state index is 12.2. The average molecular weight is 603 g/mol. The first-order valence-corrected chi connectivity index (χ1v) is 13.8. The molecule has 2 aromatic heterocycles. The van der Waals surface area contributed by atoms with E-state index in [1.807, 2.05) is 65.7 Å². The molecule has 2 unspecified atom stereocenters. The van der Waals surface area contributed by atoms with Crippen LogP contribution in [0, 0.1) is 11.8 Å². The van der Waals surface area contributed by atoms with E-state index < -0.39 is 18.1 Å². The molecule has 0 saturated heterocycles. The minimum absolute atomic E-state index is 0. The Balaban J connectivity index is -0.000000698. The molecule has 13 heteroatoms. The van der Waals surface area contributed by atoms with Crippen molar-refractivity contribution in [1.82, 2.24) is 18.9 Å². The van der Waals surface area contributed by atoms with Gasteiger partial charge in [-0.1, -0.05) is 39.8 Å². The number of ether oxygens (including phenoxy) is 1. The van der Waals surface area contributed by atoms with Crippen LogP contribution in [0.1, 0.15) is 70.7 Å². The molecular formula is C30H51LiN4O8. The summed E-state index contributed by atoms with van der Waals surface area (Å²) in [6, 6.07) is 5.15. The van der Waals surface area contributed by atoms with Crippen LogP contribution < -0.4 is 30.0 Å². The molecule has 0 amide bonds. The third-order valence-electron chi connectivity index (χ3n) is 5.90. The van der Waals surface area contributed by atoms with Crippen molar-refractivity contribution in [2.24, 2.45) is 11.8 Å². The van der Waals surface area contributed by atoms with Crippen molar-refractivity contribution < 1.29 is 49.2 Å². The van der Waals surface area contributed by atoms with Crippen molar-refractivity contribution in [3.8, 4) is 0 Å². The number of pyridine rings is 2. The summed E-state index contributed by atoms with van der Waals surface area (Å²) in [4.78, 5) is 51.5. The van der Waals surface area contributed by atoms with E-state index in [9.17, 15) is 24.3 Å². The van der Waals surface area contributed by atoms with Gasteiger partial charge in [-0.3, -0.25) is 9.59 Å². The van der Waals surface area contributed by atoms with Crippen molar-refractivity contribution in [3.63, 3.8) is 0 Å². The summed E-state index contributed by atoms with van der Waals surface area (Å²) in [5, 5.41) is 9.30. The normalized spacial score (nSPS) is 11.9. The van der Waals surface area contributed by atoms with Crippen molar-refractivity contribution in [2.75, 3.05) is 34.8 Å². The molecule has 0 aromatic carbocycles. The monoisotopic (exact) mass is 602 g/mol. The number of carboxylic acid groups (broad SMARTS) is 1. The number of esters is 1. The zero-order valence-corrected chi connectivity index (χ0v) is 27.5. The minimum atomic E-state index is -0.960. The van der Waals surface area contributed by atoms with Gasteiger partial charge in [0.1, 0.15) is 12.1 Å². The fourth-order valence-corrected chi connectivity index (χ4v) is 4.29. The fourth-order valence-electron chi connectivity index (χ4n) is 4.29. The van der Waals surface area contributed by atoms with E-state index >= 15 is 0 Å². The van der Waals surface area contributed by atoms with E-state index in [-0.39, 0.29) is 52.8 Å². The van der Waals surface area contributed by atoms with Gasteiger partial charge in [-0.25, -0.2) is 9.59 Å². The summed E-state index contributed by atoms with van der Waals surface area (Å²) in [6.07, 6.45) is 4.46. The molecule has 12 nitrogen and oxygen atoms in total. The summed E-state index contributed by atoms with van der Waals surface area (Å²) in [5.74, 6) is -0.789. The Bertz CT molecular complexity index is 1210. The van der Waals surface area contributed by atoms with Crippen LogP contribution in [0.3, 0.4) is 0 Å². The molecule has 2 rings (SSSR count). The molecule has 2 aromatic rings. The smallest absolute Gasteiger partial charge is 0.870 e. The van der Waals surface area contributed by atoms with E-state index in [1.54, 1.807) is 31.5 Å².